The minimum Gasteiger partial charge on any atom is -0.309 e. The van der Waals surface area contributed by atoms with E-state index in [1.807, 2.05) is 102 Å². The van der Waals surface area contributed by atoms with Gasteiger partial charge in [-0.1, -0.05) is 96.1 Å². The molecule has 15 rings (SSSR count). The van der Waals surface area contributed by atoms with Gasteiger partial charge in [0, 0.05) is 38.2 Å². The quantitative estimate of drug-likeness (QED) is 0.159. The van der Waals surface area contributed by atoms with E-state index in [-0.39, 0.29) is 28.3 Å². The Hall–Kier alpha value is -8.35. The SMILES string of the molecule is Cc1cc(C)c(-c2ccc3c(c2)c2ccccc2n3-c2cc3ccc2-c2cc(C#N)ccc2-n2c4ccccc4c4cc(ccc42)-c2c(C)cc(C)cc2-c2cc(C(F)(F)F)cc(C(F)(F)F)c2-3)c(C)c1. The largest absolute Gasteiger partial charge is 0.417 e. The van der Waals surface area contributed by atoms with Crippen molar-refractivity contribution in [3.63, 3.8) is 0 Å². The molecule has 0 saturated heterocycles. The number of aromatic nitrogens is 2. The number of hydrogen-bond acceptors (Lipinski definition) is 1. The van der Waals surface area contributed by atoms with Gasteiger partial charge in [-0.2, -0.15) is 31.6 Å². The molecule has 0 unspecified atom stereocenters. The van der Waals surface area contributed by atoms with Crippen LogP contribution in [0.3, 0.4) is 0 Å². The maximum atomic E-state index is 16.0. The molecule has 0 aliphatic carbocycles. The normalized spacial score (nSPS) is 12.4. The summed E-state index contributed by atoms with van der Waals surface area (Å²) in [5.41, 5.74) is 10.9. The van der Waals surface area contributed by atoms with Crippen molar-refractivity contribution in [3.05, 3.63) is 202 Å². The second kappa shape index (κ2) is 15.6. The van der Waals surface area contributed by atoms with Gasteiger partial charge in [0.15, 0.2) is 0 Å². The topological polar surface area (TPSA) is 33.6 Å². The molecule has 9 heteroatoms. The minimum atomic E-state index is -5.21. The predicted octanol–water partition coefficient (Wildman–Crippen LogP) is 18.0. The first-order valence-electron chi connectivity index (χ1n) is 23.3. The second-order valence-corrected chi connectivity index (χ2v) is 19.0. The van der Waals surface area contributed by atoms with E-state index in [2.05, 4.69) is 55.7 Å². The fourth-order valence-corrected chi connectivity index (χ4v) is 11.6. The molecule has 6 heterocycles. The number of para-hydroxylation sites is 2. The first-order valence-corrected chi connectivity index (χ1v) is 23.3. The van der Waals surface area contributed by atoms with E-state index in [4.69, 9.17) is 0 Å². The van der Waals surface area contributed by atoms with Gasteiger partial charge in [-0.25, -0.2) is 0 Å². The van der Waals surface area contributed by atoms with Gasteiger partial charge < -0.3 is 9.13 Å². The summed E-state index contributed by atoms with van der Waals surface area (Å²) in [5, 5.41) is 14.0. The van der Waals surface area contributed by atoms with Gasteiger partial charge in [-0.15, -0.1) is 0 Å². The Labute approximate surface area is 405 Å². The van der Waals surface area contributed by atoms with E-state index in [0.717, 1.165) is 83.2 Å². The monoisotopic (exact) mass is 941 g/mol. The Morgan fingerprint density at radius 1 is 0.394 bits per heavy atom. The summed E-state index contributed by atoms with van der Waals surface area (Å²) in [6.07, 6.45) is -10.3. The molecule has 0 fully saturated rings. The van der Waals surface area contributed by atoms with Crippen LogP contribution in [0.25, 0.3) is 111 Å². The number of rotatable bonds is 2. The molecule has 4 aliphatic heterocycles. The fraction of sp³-hybridized carbons (Fsp3) is 0.113. The lowest BCUT2D eigenvalue weighted by Gasteiger charge is -2.24. The summed E-state index contributed by atoms with van der Waals surface area (Å²) in [7, 11) is 0. The van der Waals surface area contributed by atoms with E-state index in [9.17, 15) is 5.26 Å². The number of nitriles is 1. The van der Waals surface area contributed by atoms with E-state index in [1.165, 1.54) is 0 Å². The van der Waals surface area contributed by atoms with Gasteiger partial charge >= 0.3 is 12.4 Å². The van der Waals surface area contributed by atoms with Crippen LogP contribution in [0.4, 0.5) is 26.3 Å². The molecule has 0 N–H and O–H groups in total. The number of aryl methyl sites for hydroxylation is 5. The lowest BCUT2D eigenvalue weighted by Crippen LogP contribution is -2.14. The van der Waals surface area contributed by atoms with Crippen LogP contribution in [0.5, 0.6) is 0 Å². The lowest BCUT2D eigenvalue weighted by molar-refractivity contribution is -0.142. The summed E-state index contributed by atoms with van der Waals surface area (Å²) in [4.78, 5) is 0. The van der Waals surface area contributed by atoms with Crippen molar-refractivity contribution >= 4 is 43.6 Å². The van der Waals surface area contributed by atoms with Crippen LogP contribution in [0.2, 0.25) is 0 Å². The summed E-state index contributed by atoms with van der Waals surface area (Å²) < 4.78 is 97.4. The Balaban J connectivity index is 1.31. The van der Waals surface area contributed by atoms with Gasteiger partial charge in [-0.3, -0.25) is 0 Å². The highest BCUT2D eigenvalue weighted by atomic mass is 19.4. The highest BCUT2D eigenvalue weighted by molar-refractivity contribution is 6.13. The number of nitrogens with zero attached hydrogens (tertiary/aromatic N) is 3. The zero-order valence-electron chi connectivity index (χ0n) is 39.1. The molecular formula is C62H41F6N3. The van der Waals surface area contributed by atoms with E-state index >= 15 is 26.3 Å². The molecule has 0 spiro atoms. The van der Waals surface area contributed by atoms with Crippen LogP contribution in [0.1, 0.15) is 44.5 Å². The Morgan fingerprint density at radius 3 is 1.49 bits per heavy atom. The molecule has 2 aromatic heterocycles. The molecule has 0 atom stereocenters. The maximum Gasteiger partial charge on any atom is 0.417 e. The van der Waals surface area contributed by atoms with Crippen LogP contribution in [-0.4, -0.2) is 9.13 Å². The van der Waals surface area contributed by atoms with Gasteiger partial charge in [0.25, 0.3) is 0 Å². The van der Waals surface area contributed by atoms with Gasteiger partial charge in [0.05, 0.1) is 56.2 Å². The lowest BCUT2D eigenvalue weighted by atomic mass is 9.82. The van der Waals surface area contributed by atoms with Gasteiger partial charge in [0.1, 0.15) is 0 Å². The summed E-state index contributed by atoms with van der Waals surface area (Å²) >= 11 is 0. The first kappa shape index (κ1) is 43.9. The average Bonchev–Trinajstić information content (AvgIpc) is 3.84. The third-order valence-corrected chi connectivity index (χ3v) is 14.3. The fourth-order valence-electron chi connectivity index (χ4n) is 11.6. The molecule has 9 aromatic carbocycles. The van der Waals surface area contributed by atoms with E-state index in [1.54, 1.807) is 37.3 Å². The van der Waals surface area contributed by atoms with Crippen molar-refractivity contribution < 1.29 is 26.3 Å². The second-order valence-electron chi connectivity index (χ2n) is 19.0. The van der Waals surface area contributed by atoms with E-state index in [0.29, 0.717) is 44.6 Å². The van der Waals surface area contributed by atoms with Gasteiger partial charge in [0.2, 0.25) is 0 Å². The van der Waals surface area contributed by atoms with Crippen molar-refractivity contribution in [2.24, 2.45) is 0 Å². The zero-order valence-corrected chi connectivity index (χ0v) is 39.1. The molecule has 4 aliphatic rings. The van der Waals surface area contributed by atoms with Crippen molar-refractivity contribution in [2.75, 3.05) is 0 Å². The summed E-state index contributed by atoms with van der Waals surface area (Å²) in [5.74, 6) is 0. The van der Waals surface area contributed by atoms with Crippen LogP contribution >= 0.6 is 0 Å². The molecule has 346 valence electrons. The molecule has 6 bridgehead atoms. The van der Waals surface area contributed by atoms with Crippen LogP contribution in [0.15, 0.2) is 158 Å². The molecule has 11 aromatic rings. The molecule has 0 amide bonds. The minimum absolute atomic E-state index is 0.0657. The highest BCUT2D eigenvalue weighted by Gasteiger charge is 2.41. The number of alkyl halides is 6. The van der Waals surface area contributed by atoms with Crippen LogP contribution < -0.4 is 0 Å². The van der Waals surface area contributed by atoms with Crippen molar-refractivity contribution in [3.8, 4) is 73.1 Å². The highest BCUT2D eigenvalue weighted by Crippen LogP contribution is 2.52. The predicted molar refractivity (Wildman–Crippen MR) is 274 cm³/mol. The molecule has 71 heavy (non-hydrogen) atoms. The van der Waals surface area contributed by atoms with Gasteiger partial charge in [-0.05, 0) is 163 Å². The molecule has 3 nitrogen and oxygen atoms in total. The third kappa shape index (κ3) is 6.80. The Bertz CT molecular complexity index is 4130. The molecule has 0 saturated carbocycles. The maximum absolute atomic E-state index is 16.0. The first-order chi connectivity index (χ1) is 34.0. The number of benzene rings is 9. The number of halogens is 6. The zero-order chi connectivity index (χ0) is 49.4. The van der Waals surface area contributed by atoms with Crippen LogP contribution in [-0.2, 0) is 12.4 Å². The Kier molecular flexibility index (Phi) is 9.63. The summed E-state index contributed by atoms with van der Waals surface area (Å²) in [6, 6.07) is 49.8. The summed E-state index contributed by atoms with van der Waals surface area (Å²) in [6.45, 7) is 9.90. The number of hydrogen-bond donors (Lipinski definition) is 0. The van der Waals surface area contributed by atoms with Crippen molar-refractivity contribution in [1.29, 1.82) is 5.26 Å². The smallest absolute Gasteiger partial charge is 0.309 e. The third-order valence-electron chi connectivity index (χ3n) is 14.3. The molecule has 0 radical (unpaired) electrons. The number of fused-ring (bicyclic) bond motifs is 4. The Morgan fingerprint density at radius 2 is 0.901 bits per heavy atom. The molecular weight excluding hydrogens is 901 g/mol. The average molecular weight is 942 g/mol. The van der Waals surface area contributed by atoms with Crippen LogP contribution in [0, 0.1) is 45.9 Å². The van der Waals surface area contributed by atoms with Crippen molar-refractivity contribution in [2.45, 2.75) is 47.0 Å². The van der Waals surface area contributed by atoms with Crippen molar-refractivity contribution in [1.82, 2.24) is 9.13 Å². The standard InChI is InChI=1S/C62H41F6N3/c1-33-22-35(3)58(36(4)23-33)39-16-20-56-47(27-39)44-11-7-9-13-53(44)71(56)57-29-41-15-18-45(57)46-26-38(32-69)14-19-54(46)70-52-12-8-6-10-43(52)48-28-40(17-21-55(48)70)59-37(5)24-34(2)25-49(59)50-30-42(61(63,64)65)31-51(60(41)50)62(66,67)68/h6-31H,1-5H3. The van der Waals surface area contributed by atoms with E-state index < -0.39 is 23.5 Å².